The summed E-state index contributed by atoms with van der Waals surface area (Å²) in [5, 5.41) is 2.52. The van der Waals surface area contributed by atoms with Crippen LogP contribution in [0.2, 0.25) is 0 Å². The van der Waals surface area contributed by atoms with Gasteiger partial charge in [-0.25, -0.2) is 0 Å². The van der Waals surface area contributed by atoms with E-state index in [1.807, 2.05) is 0 Å². The van der Waals surface area contributed by atoms with Crippen molar-refractivity contribution < 1.29 is 13.2 Å². The number of nitrogens with one attached hydrogen (secondary N) is 1. The van der Waals surface area contributed by atoms with Crippen LogP contribution in [0, 0.1) is 5.92 Å². The van der Waals surface area contributed by atoms with E-state index in [4.69, 9.17) is 0 Å². The SMILES string of the molecule is Cl.FC(F)(F)C12CC1CCN2. The fourth-order valence-electron chi connectivity index (χ4n) is 1.81. The van der Waals surface area contributed by atoms with Gasteiger partial charge in [0.2, 0.25) is 0 Å². The van der Waals surface area contributed by atoms with Crippen LogP contribution in [0.5, 0.6) is 0 Å². The molecule has 0 bridgehead atoms. The molecule has 2 unspecified atom stereocenters. The summed E-state index contributed by atoms with van der Waals surface area (Å²) < 4.78 is 36.4. The van der Waals surface area contributed by atoms with Gasteiger partial charge in [-0.1, -0.05) is 0 Å². The number of hydrogen-bond donors (Lipinski definition) is 1. The Bertz CT molecular complexity index is 170. The summed E-state index contributed by atoms with van der Waals surface area (Å²) in [5.41, 5.74) is -1.45. The van der Waals surface area contributed by atoms with E-state index in [1.54, 1.807) is 0 Å². The quantitative estimate of drug-likeness (QED) is 0.609. The van der Waals surface area contributed by atoms with Crippen molar-refractivity contribution in [2.24, 2.45) is 5.92 Å². The predicted molar refractivity (Wildman–Crippen MR) is 36.8 cm³/mol. The topological polar surface area (TPSA) is 12.0 Å². The molecule has 0 aromatic heterocycles. The highest BCUT2D eigenvalue weighted by Crippen LogP contribution is 2.58. The minimum Gasteiger partial charge on any atom is -0.303 e. The standard InChI is InChI=1S/C6H8F3N.ClH/c7-6(8,9)5-3-4(5)1-2-10-5;/h4,10H,1-3H2;1H. The minimum absolute atomic E-state index is 0. The highest BCUT2D eigenvalue weighted by molar-refractivity contribution is 5.85. The monoisotopic (exact) mass is 187 g/mol. The first kappa shape index (κ1) is 9.13. The third-order valence-corrected chi connectivity index (χ3v) is 2.54. The summed E-state index contributed by atoms with van der Waals surface area (Å²) in [7, 11) is 0. The molecule has 5 heteroatoms. The van der Waals surface area contributed by atoms with Crippen molar-refractivity contribution in [2.75, 3.05) is 6.54 Å². The average molecular weight is 188 g/mol. The smallest absolute Gasteiger partial charge is 0.303 e. The molecule has 2 atom stereocenters. The molecule has 0 aromatic carbocycles. The van der Waals surface area contributed by atoms with Crippen LogP contribution in [0.25, 0.3) is 0 Å². The van der Waals surface area contributed by atoms with Gasteiger partial charge in [0.25, 0.3) is 0 Å². The van der Waals surface area contributed by atoms with Gasteiger partial charge in [0.15, 0.2) is 0 Å². The van der Waals surface area contributed by atoms with Gasteiger partial charge < -0.3 is 5.32 Å². The van der Waals surface area contributed by atoms with Gasteiger partial charge in [-0.3, -0.25) is 0 Å². The number of alkyl halides is 3. The summed E-state index contributed by atoms with van der Waals surface area (Å²) in [6, 6.07) is 0. The van der Waals surface area contributed by atoms with Gasteiger partial charge in [0.1, 0.15) is 5.54 Å². The molecule has 2 fully saturated rings. The average Bonchev–Trinajstić information content (AvgIpc) is 2.36. The zero-order valence-electron chi connectivity index (χ0n) is 5.74. The Morgan fingerprint density at radius 3 is 2.18 bits per heavy atom. The largest absolute Gasteiger partial charge is 0.406 e. The van der Waals surface area contributed by atoms with Crippen LogP contribution < -0.4 is 5.32 Å². The Hall–Kier alpha value is 0.0400. The Kier molecular flexibility index (Phi) is 1.88. The normalized spacial score (nSPS) is 41.2. The Balaban J connectivity index is 0.000000605. The van der Waals surface area contributed by atoms with Crippen LogP contribution in [0.3, 0.4) is 0 Å². The van der Waals surface area contributed by atoms with Crippen molar-refractivity contribution in [1.29, 1.82) is 0 Å². The van der Waals surface area contributed by atoms with Crippen molar-refractivity contribution >= 4 is 12.4 Å². The fraction of sp³-hybridized carbons (Fsp3) is 1.00. The van der Waals surface area contributed by atoms with Crippen LogP contribution in [0.15, 0.2) is 0 Å². The van der Waals surface area contributed by atoms with Crippen molar-refractivity contribution in [3.8, 4) is 0 Å². The van der Waals surface area contributed by atoms with Crippen molar-refractivity contribution in [2.45, 2.75) is 24.6 Å². The summed E-state index contributed by atoms with van der Waals surface area (Å²) in [6.45, 7) is 0.532. The molecule has 0 radical (unpaired) electrons. The molecule has 2 rings (SSSR count). The molecule has 0 amide bonds. The van der Waals surface area contributed by atoms with E-state index in [2.05, 4.69) is 5.32 Å². The van der Waals surface area contributed by atoms with E-state index in [1.165, 1.54) is 0 Å². The molecule has 1 heterocycles. The molecule has 2 aliphatic rings. The molecule has 1 aliphatic heterocycles. The molecule has 1 nitrogen and oxygen atoms in total. The number of hydrogen-bond acceptors (Lipinski definition) is 1. The van der Waals surface area contributed by atoms with Gasteiger partial charge in [-0.2, -0.15) is 13.2 Å². The maximum Gasteiger partial charge on any atom is 0.406 e. The van der Waals surface area contributed by atoms with E-state index in [0.717, 1.165) is 0 Å². The van der Waals surface area contributed by atoms with E-state index in [9.17, 15) is 13.2 Å². The van der Waals surface area contributed by atoms with Gasteiger partial charge in [0, 0.05) is 0 Å². The van der Waals surface area contributed by atoms with E-state index >= 15 is 0 Å². The minimum atomic E-state index is -4.02. The first-order valence-electron chi connectivity index (χ1n) is 3.38. The molecular weight excluding hydrogens is 179 g/mol. The third-order valence-electron chi connectivity index (χ3n) is 2.54. The van der Waals surface area contributed by atoms with Crippen LogP contribution in [0.1, 0.15) is 12.8 Å². The molecule has 1 aliphatic carbocycles. The Morgan fingerprint density at radius 2 is 2.00 bits per heavy atom. The first-order valence-corrected chi connectivity index (χ1v) is 3.38. The second kappa shape index (κ2) is 2.26. The van der Waals surface area contributed by atoms with Crippen LogP contribution in [-0.2, 0) is 0 Å². The molecule has 1 saturated carbocycles. The molecule has 1 N–H and O–H groups in total. The lowest BCUT2D eigenvalue weighted by atomic mass is 10.2. The summed E-state index contributed by atoms with van der Waals surface area (Å²) in [4.78, 5) is 0. The number of fused-ring (bicyclic) bond motifs is 1. The van der Waals surface area contributed by atoms with Crippen LogP contribution >= 0.6 is 12.4 Å². The molecule has 66 valence electrons. The van der Waals surface area contributed by atoms with Crippen LogP contribution in [-0.4, -0.2) is 18.3 Å². The summed E-state index contributed by atoms with van der Waals surface area (Å²) in [6.07, 6.45) is -3.02. The molecule has 1 saturated heterocycles. The molecule has 11 heavy (non-hydrogen) atoms. The first-order chi connectivity index (χ1) is 4.56. The lowest BCUT2D eigenvalue weighted by Gasteiger charge is -2.16. The van der Waals surface area contributed by atoms with Crippen LogP contribution in [0.4, 0.5) is 13.2 Å². The van der Waals surface area contributed by atoms with Crippen molar-refractivity contribution in [3.05, 3.63) is 0 Å². The molecule has 0 spiro atoms. The van der Waals surface area contributed by atoms with Gasteiger partial charge in [0.05, 0.1) is 0 Å². The number of piperidine rings is 1. The van der Waals surface area contributed by atoms with Crippen molar-refractivity contribution in [1.82, 2.24) is 5.32 Å². The van der Waals surface area contributed by atoms with Gasteiger partial charge >= 0.3 is 6.18 Å². The highest BCUT2D eigenvalue weighted by atomic mass is 35.5. The van der Waals surface area contributed by atoms with E-state index in [-0.39, 0.29) is 18.3 Å². The zero-order chi connectivity index (χ0) is 7.41. The van der Waals surface area contributed by atoms with Gasteiger partial charge in [-0.15, -0.1) is 12.4 Å². The predicted octanol–water partition coefficient (Wildman–Crippen LogP) is 1.72. The fourth-order valence-corrected chi connectivity index (χ4v) is 1.81. The lowest BCUT2D eigenvalue weighted by molar-refractivity contribution is -0.165. The lowest BCUT2D eigenvalue weighted by Crippen LogP contribution is -2.42. The van der Waals surface area contributed by atoms with Gasteiger partial charge in [-0.05, 0) is 25.3 Å². The number of rotatable bonds is 0. The number of halogens is 4. The second-order valence-corrected chi connectivity index (χ2v) is 3.09. The third kappa shape index (κ3) is 1.04. The maximum atomic E-state index is 12.1. The van der Waals surface area contributed by atoms with E-state index in [0.29, 0.717) is 19.4 Å². The second-order valence-electron chi connectivity index (χ2n) is 3.09. The molecule has 0 aromatic rings. The summed E-state index contributed by atoms with van der Waals surface area (Å²) >= 11 is 0. The Labute approximate surface area is 68.8 Å². The summed E-state index contributed by atoms with van der Waals surface area (Å²) in [5.74, 6) is -0.118. The van der Waals surface area contributed by atoms with Crippen molar-refractivity contribution in [3.63, 3.8) is 0 Å². The Morgan fingerprint density at radius 1 is 1.36 bits per heavy atom. The maximum absolute atomic E-state index is 12.1. The van der Waals surface area contributed by atoms with E-state index < -0.39 is 11.7 Å². The highest BCUT2D eigenvalue weighted by Gasteiger charge is 2.72. The molecular formula is C6H9ClF3N. The zero-order valence-corrected chi connectivity index (χ0v) is 6.56.